The van der Waals surface area contributed by atoms with Crippen LogP contribution in [0.2, 0.25) is 0 Å². The number of halogens is 4. The van der Waals surface area contributed by atoms with Crippen molar-refractivity contribution in [1.29, 1.82) is 0 Å². The zero-order valence-electron chi connectivity index (χ0n) is 13.8. The van der Waals surface area contributed by atoms with E-state index in [4.69, 9.17) is 4.74 Å². The lowest BCUT2D eigenvalue weighted by Crippen LogP contribution is -2.44. The predicted molar refractivity (Wildman–Crippen MR) is 89.0 cm³/mol. The van der Waals surface area contributed by atoms with Gasteiger partial charge in [0.25, 0.3) is 0 Å². The average Bonchev–Trinajstić information content (AvgIpc) is 2.53. The average molecular weight is 383 g/mol. The van der Waals surface area contributed by atoms with Gasteiger partial charge in [0.05, 0.1) is 19.3 Å². The molecule has 2 rings (SSSR count). The van der Waals surface area contributed by atoms with E-state index in [2.05, 4.69) is 15.4 Å². The maximum absolute atomic E-state index is 12.1. The highest BCUT2D eigenvalue weighted by atomic mass is 35.5. The molecule has 1 aromatic rings. The van der Waals surface area contributed by atoms with Crippen LogP contribution in [-0.2, 0) is 9.53 Å². The van der Waals surface area contributed by atoms with Crippen molar-refractivity contribution in [3.63, 3.8) is 0 Å². The molecule has 25 heavy (non-hydrogen) atoms. The number of morpholine rings is 1. The summed E-state index contributed by atoms with van der Waals surface area (Å²) in [5.41, 5.74) is 0.788. The summed E-state index contributed by atoms with van der Waals surface area (Å²) in [6.07, 6.45) is -4.05. The van der Waals surface area contributed by atoms with E-state index in [1.807, 2.05) is 6.92 Å². The van der Waals surface area contributed by atoms with Gasteiger partial charge in [-0.2, -0.15) is 13.2 Å². The van der Waals surface area contributed by atoms with Gasteiger partial charge < -0.3 is 20.1 Å². The topological polar surface area (TPSA) is 59.6 Å². The van der Waals surface area contributed by atoms with Crippen LogP contribution in [0.4, 0.5) is 13.2 Å². The number of hydrogen-bond acceptors (Lipinski definition) is 4. The molecule has 1 heterocycles. The molecule has 1 aromatic carbocycles. The highest BCUT2D eigenvalue weighted by Crippen LogP contribution is 2.21. The lowest BCUT2D eigenvalue weighted by molar-refractivity contribution is -0.153. The molecule has 1 amide bonds. The van der Waals surface area contributed by atoms with Gasteiger partial charge in [-0.1, -0.05) is 12.1 Å². The molecule has 1 aliphatic rings. The fourth-order valence-electron chi connectivity index (χ4n) is 2.38. The second-order valence-electron chi connectivity index (χ2n) is 5.69. The summed E-state index contributed by atoms with van der Waals surface area (Å²) in [6.45, 7) is 2.38. The van der Waals surface area contributed by atoms with Crippen molar-refractivity contribution in [1.82, 2.24) is 10.6 Å². The Labute approximate surface area is 150 Å². The molecular weight excluding hydrogens is 361 g/mol. The Hall–Kier alpha value is -1.51. The molecule has 0 bridgehead atoms. The second-order valence-corrected chi connectivity index (χ2v) is 5.69. The molecule has 5 nitrogen and oxygen atoms in total. The summed E-state index contributed by atoms with van der Waals surface area (Å²) in [6, 6.07) is 5.94. The van der Waals surface area contributed by atoms with Gasteiger partial charge in [-0.15, -0.1) is 12.4 Å². The first-order valence-corrected chi connectivity index (χ1v) is 7.73. The molecule has 142 valence electrons. The van der Waals surface area contributed by atoms with E-state index < -0.39 is 12.8 Å². The van der Waals surface area contributed by atoms with Crippen molar-refractivity contribution in [3.05, 3.63) is 29.8 Å². The summed E-state index contributed by atoms with van der Waals surface area (Å²) in [5.74, 6) is 0.0288. The monoisotopic (exact) mass is 382 g/mol. The minimum absolute atomic E-state index is 0. The third-order valence-corrected chi connectivity index (χ3v) is 3.59. The van der Waals surface area contributed by atoms with Crippen LogP contribution in [0.5, 0.6) is 5.75 Å². The maximum atomic E-state index is 12.1. The molecule has 0 radical (unpaired) electrons. The summed E-state index contributed by atoms with van der Waals surface area (Å²) >= 11 is 0. The Bertz CT molecular complexity index is 534. The maximum Gasteiger partial charge on any atom is 0.422 e. The smallest absolute Gasteiger partial charge is 0.422 e. The lowest BCUT2D eigenvalue weighted by atomic mass is 10.1. The fourth-order valence-corrected chi connectivity index (χ4v) is 2.38. The van der Waals surface area contributed by atoms with E-state index in [0.717, 1.165) is 12.1 Å². The molecule has 0 aliphatic carbocycles. The Kier molecular flexibility index (Phi) is 8.47. The molecule has 1 saturated heterocycles. The van der Waals surface area contributed by atoms with E-state index in [-0.39, 0.29) is 36.1 Å². The van der Waals surface area contributed by atoms with Crippen LogP contribution in [0.1, 0.15) is 24.9 Å². The standard InChI is InChI=1S/C16H21F3N2O3.ClH/c1-11(21-15(22)8-13-9-23-7-6-20-13)12-2-4-14(5-3-12)24-10-16(17,18)19;/h2-5,11,13,20H,6-10H2,1H3,(H,21,22);1H. The predicted octanol–water partition coefficient (Wildman–Crippen LogP) is 2.61. The SMILES string of the molecule is CC(NC(=O)CC1COCCN1)c1ccc(OCC(F)(F)F)cc1.Cl. The Balaban J connectivity index is 0.00000312. The minimum Gasteiger partial charge on any atom is -0.484 e. The van der Waals surface area contributed by atoms with Crippen LogP contribution >= 0.6 is 12.4 Å². The normalized spacial score (nSPS) is 18.8. The van der Waals surface area contributed by atoms with E-state index >= 15 is 0 Å². The first kappa shape index (κ1) is 21.5. The fraction of sp³-hybridized carbons (Fsp3) is 0.562. The van der Waals surface area contributed by atoms with Crippen LogP contribution in [0, 0.1) is 0 Å². The third kappa shape index (κ3) is 7.94. The largest absolute Gasteiger partial charge is 0.484 e. The van der Waals surface area contributed by atoms with Gasteiger partial charge in [-0.25, -0.2) is 0 Å². The summed E-state index contributed by atoms with van der Waals surface area (Å²) in [4.78, 5) is 12.0. The molecular formula is C16H22ClF3N2O3. The highest BCUT2D eigenvalue weighted by Gasteiger charge is 2.28. The number of ether oxygens (including phenoxy) is 2. The van der Waals surface area contributed by atoms with E-state index in [0.29, 0.717) is 19.6 Å². The number of rotatable bonds is 6. The summed E-state index contributed by atoms with van der Waals surface area (Å²) in [5, 5.41) is 6.07. The first-order chi connectivity index (χ1) is 11.3. The Morgan fingerprint density at radius 2 is 2.08 bits per heavy atom. The molecule has 0 spiro atoms. The quantitative estimate of drug-likeness (QED) is 0.794. The molecule has 2 unspecified atom stereocenters. The van der Waals surface area contributed by atoms with E-state index in [1.165, 1.54) is 12.1 Å². The molecule has 0 saturated carbocycles. The molecule has 1 fully saturated rings. The lowest BCUT2D eigenvalue weighted by Gasteiger charge is -2.24. The van der Waals surface area contributed by atoms with Crippen molar-refractivity contribution >= 4 is 18.3 Å². The van der Waals surface area contributed by atoms with Gasteiger partial charge in [-0.05, 0) is 24.6 Å². The van der Waals surface area contributed by atoms with Crippen molar-refractivity contribution in [3.8, 4) is 5.75 Å². The Morgan fingerprint density at radius 1 is 1.40 bits per heavy atom. The Morgan fingerprint density at radius 3 is 2.64 bits per heavy atom. The third-order valence-electron chi connectivity index (χ3n) is 3.59. The van der Waals surface area contributed by atoms with Crippen LogP contribution in [-0.4, -0.2) is 44.5 Å². The summed E-state index contributed by atoms with van der Waals surface area (Å²) < 4.78 is 46.2. The van der Waals surface area contributed by atoms with Gasteiger partial charge in [0.15, 0.2) is 6.61 Å². The first-order valence-electron chi connectivity index (χ1n) is 7.73. The number of alkyl halides is 3. The van der Waals surface area contributed by atoms with Crippen molar-refractivity contribution in [2.75, 3.05) is 26.4 Å². The van der Waals surface area contributed by atoms with E-state index in [1.54, 1.807) is 12.1 Å². The number of carbonyl (C=O) groups is 1. The van der Waals surface area contributed by atoms with Crippen molar-refractivity contribution in [2.24, 2.45) is 0 Å². The van der Waals surface area contributed by atoms with Crippen molar-refractivity contribution in [2.45, 2.75) is 31.6 Å². The highest BCUT2D eigenvalue weighted by molar-refractivity contribution is 5.85. The summed E-state index contributed by atoms with van der Waals surface area (Å²) in [7, 11) is 0. The van der Waals surface area contributed by atoms with Crippen LogP contribution in [0.25, 0.3) is 0 Å². The van der Waals surface area contributed by atoms with Gasteiger partial charge >= 0.3 is 6.18 Å². The molecule has 2 atom stereocenters. The second kappa shape index (κ2) is 9.84. The molecule has 1 aliphatic heterocycles. The van der Waals surface area contributed by atoms with Crippen molar-refractivity contribution < 1.29 is 27.4 Å². The molecule has 2 N–H and O–H groups in total. The van der Waals surface area contributed by atoms with Crippen LogP contribution < -0.4 is 15.4 Å². The number of nitrogens with one attached hydrogen (secondary N) is 2. The van der Waals surface area contributed by atoms with Gasteiger partial charge in [0.2, 0.25) is 5.91 Å². The zero-order chi connectivity index (χ0) is 17.6. The molecule has 9 heteroatoms. The number of amides is 1. The van der Waals surface area contributed by atoms with Gasteiger partial charge in [0.1, 0.15) is 5.75 Å². The number of hydrogen-bond donors (Lipinski definition) is 2. The van der Waals surface area contributed by atoms with Gasteiger partial charge in [0, 0.05) is 19.0 Å². The van der Waals surface area contributed by atoms with E-state index in [9.17, 15) is 18.0 Å². The number of carbonyl (C=O) groups excluding carboxylic acids is 1. The zero-order valence-corrected chi connectivity index (χ0v) is 14.6. The van der Waals surface area contributed by atoms with Crippen LogP contribution in [0.15, 0.2) is 24.3 Å². The van der Waals surface area contributed by atoms with Gasteiger partial charge in [-0.3, -0.25) is 4.79 Å². The molecule has 0 aromatic heterocycles. The van der Waals surface area contributed by atoms with Crippen LogP contribution in [0.3, 0.4) is 0 Å². The minimum atomic E-state index is -4.36. The number of benzene rings is 1.